The molecule has 5 heteroatoms. The van der Waals surface area contributed by atoms with Crippen LogP contribution < -0.4 is 4.74 Å². The van der Waals surface area contributed by atoms with E-state index in [-0.39, 0.29) is 22.7 Å². The lowest BCUT2D eigenvalue weighted by Crippen LogP contribution is -2.83. The lowest BCUT2D eigenvalue weighted by atomic mass is 9.31. The summed E-state index contributed by atoms with van der Waals surface area (Å²) < 4.78 is 13.6. The van der Waals surface area contributed by atoms with Crippen molar-refractivity contribution in [2.24, 2.45) is 16.7 Å². The zero-order chi connectivity index (χ0) is 24.5. The molecule has 5 fully saturated rings. The topological polar surface area (TPSA) is 62.2 Å². The number of aromatic hydroxyl groups is 1. The number of piperidine rings is 1. The highest BCUT2D eigenvalue weighted by molar-refractivity contribution is 5.63. The van der Waals surface area contributed by atoms with E-state index in [1.54, 1.807) is 0 Å². The summed E-state index contributed by atoms with van der Waals surface area (Å²) in [6.45, 7) is 4.53. The van der Waals surface area contributed by atoms with Crippen molar-refractivity contribution in [3.63, 3.8) is 0 Å². The summed E-state index contributed by atoms with van der Waals surface area (Å²) in [5, 5.41) is 23.1. The smallest absolute Gasteiger partial charge is 0.165 e. The molecule has 36 heavy (non-hydrogen) atoms. The van der Waals surface area contributed by atoms with Gasteiger partial charge in [0.25, 0.3) is 0 Å². The molecule has 5 nitrogen and oxygen atoms in total. The number of fused-ring (bicyclic) bond motifs is 2. The number of likely N-dealkylation sites (tertiary alicyclic amines) is 1. The van der Waals surface area contributed by atoms with Crippen molar-refractivity contribution in [2.45, 2.75) is 81.1 Å². The van der Waals surface area contributed by atoms with Gasteiger partial charge < -0.3 is 19.7 Å². The van der Waals surface area contributed by atoms with E-state index in [0.29, 0.717) is 11.8 Å². The molecule has 4 bridgehead atoms. The summed E-state index contributed by atoms with van der Waals surface area (Å²) in [6, 6.07) is 14.5. The molecule has 190 valence electrons. The molecule has 2 N–H and O–H groups in total. The molecular formula is C31H37NO4. The second-order valence-electron chi connectivity index (χ2n) is 13.0. The van der Waals surface area contributed by atoms with Gasteiger partial charge in [-0.25, -0.2) is 0 Å². The first-order valence-corrected chi connectivity index (χ1v) is 13.9. The molecule has 4 saturated carbocycles. The normalized spacial score (nSPS) is 42.6. The number of nitrogens with zero attached hydrogens (tertiary/aromatic N) is 1. The van der Waals surface area contributed by atoms with Crippen molar-refractivity contribution in [3.05, 3.63) is 59.2 Å². The van der Waals surface area contributed by atoms with Gasteiger partial charge in [0.1, 0.15) is 11.7 Å². The van der Waals surface area contributed by atoms with Crippen LogP contribution in [0, 0.1) is 16.7 Å². The van der Waals surface area contributed by atoms with Gasteiger partial charge in [-0.3, -0.25) is 4.90 Å². The Bertz CT molecular complexity index is 1240. The van der Waals surface area contributed by atoms with Gasteiger partial charge in [-0.05, 0) is 74.6 Å². The molecule has 2 aromatic rings. The number of aliphatic hydroxyl groups excluding tert-OH is 1. The number of benzene rings is 2. The van der Waals surface area contributed by atoms with E-state index in [0.717, 1.165) is 50.1 Å². The molecule has 2 heterocycles. The summed E-state index contributed by atoms with van der Waals surface area (Å²) in [6.07, 6.45) is 6.74. The van der Waals surface area contributed by atoms with Gasteiger partial charge in [0.15, 0.2) is 11.5 Å². The van der Waals surface area contributed by atoms with Crippen LogP contribution >= 0.6 is 0 Å². The van der Waals surface area contributed by atoms with Crippen molar-refractivity contribution in [1.82, 2.24) is 4.90 Å². The fraction of sp³-hybridized carbons (Fsp3) is 0.613. The number of aliphatic hydroxyl groups is 1. The molecule has 5 aliphatic carbocycles. The molecule has 0 aromatic heterocycles. The fourth-order valence-electron chi connectivity index (χ4n) is 10.2. The molecule has 0 unspecified atom stereocenters. The quantitative estimate of drug-likeness (QED) is 0.638. The maximum absolute atomic E-state index is 12.1. The first-order chi connectivity index (χ1) is 17.4. The van der Waals surface area contributed by atoms with Crippen LogP contribution in [0.3, 0.4) is 0 Å². The van der Waals surface area contributed by atoms with Crippen molar-refractivity contribution >= 4 is 0 Å². The maximum Gasteiger partial charge on any atom is 0.165 e. The zero-order valence-electron chi connectivity index (χ0n) is 21.4. The van der Waals surface area contributed by atoms with Gasteiger partial charge in [-0.1, -0.05) is 43.3 Å². The highest BCUT2D eigenvalue weighted by Crippen LogP contribution is 2.80. The van der Waals surface area contributed by atoms with E-state index in [2.05, 4.69) is 17.9 Å². The van der Waals surface area contributed by atoms with E-state index in [1.165, 1.54) is 30.5 Å². The number of rotatable bonds is 5. The molecule has 2 spiro atoms. The van der Waals surface area contributed by atoms with E-state index in [1.807, 2.05) is 43.5 Å². The number of phenolic OH excluding ortho intramolecular Hbond substituents is 1. The molecule has 0 radical (unpaired) electrons. The van der Waals surface area contributed by atoms with E-state index in [9.17, 15) is 10.2 Å². The number of ether oxygens (including phenoxy) is 2. The monoisotopic (exact) mass is 487 g/mol. The Balaban J connectivity index is 1.37. The van der Waals surface area contributed by atoms with E-state index >= 15 is 0 Å². The Morgan fingerprint density at radius 3 is 2.67 bits per heavy atom. The summed E-state index contributed by atoms with van der Waals surface area (Å²) in [5.41, 5.74) is 2.21. The van der Waals surface area contributed by atoms with Crippen LogP contribution in [-0.2, 0) is 16.6 Å². The summed E-state index contributed by atoms with van der Waals surface area (Å²) in [5.74, 6) is 1.79. The van der Waals surface area contributed by atoms with Crippen LogP contribution in [-0.4, -0.2) is 53.1 Å². The molecule has 9 rings (SSSR count). The van der Waals surface area contributed by atoms with Crippen molar-refractivity contribution in [1.29, 1.82) is 0 Å². The third-order valence-corrected chi connectivity index (χ3v) is 11.8. The van der Waals surface area contributed by atoms with Gasteiger partial charge in [0.05, 0.1) is 6.10 Å². The predicted octanol–water partition coefficient (Wildman–Crippen LogP) is 4.74. The van der Waals surface area contributed by atoms with Crippen LogP contribution in [0.1, 0.15) is 68.2 Å². The van der Waals surface area contributed by atoms with Crippen LogP contribution in [0.25, 0.3) is 0 Å². The first-order valence-electron chi connectivity index (χ1n) is 13.9. The van der Waals surface area contributed by atoms with Crippen molar-refractivity contribution in [2.75, 3.05) is 20.2 Å². The Hall–Kier alpha value is -2.08. The van der Waals surface area contributed by atoms with Gasteiger partial charge >= 0.3 is 0 Å². The van der Waals surface area contributed by atoms with Crippen LogP contribution in [0.5, 0.6) is 11.5 Å². The van der Waals surface area contributed by atoms with Gasteiger partial charge in [-0.2, -0.15) is 0 Å². The Kier molecular flexibility index (Phi) is 4.18. The summed E-state index contributed by atoms with van der Waals surface area (Å²) >= 11 is 0. The standard InChI is InChI=1S/C31H37NO4/c1-28(26(34)20-6-4-3-5-7-20)18-29-12-13-31(28,35-2)27-30(29)14-15-32(17-19-8-9-19)23(29)16-21-10-11-22(33)25(36-27)24(21)30/h3-7,10-11,19,23,26-27,33-34H,8-9,12-18H2,1-2H3/t23-,26+,27-,28-,29-,30+,31+/m1/s1. The molecule has 2 aromatic carbocycles. The zero-order valence-corrected chi connectivity index (χ0v) is 21.4. The molecular weight excluding hydrogens is 450 g/mol. The number of hydrogen-bond acceptors (Lipinski definition) is 5. The Labute approximate surface area is 213 Å². The van der Waals surface area contributed by atoms with E-state index < -0.39 is 17.1 Å². The highest BCUT2D eigenvalue weighted by atomic mass is 16.6. The molecule has 7 aliphatic rings. The third-order valence-electron chi connectivity index (χ3n) is 11.8. The Morgan fingerprint density at radius 1 is 1.11 bits per heavy atom. The number of hydrogen-bond donors (Lipinski definition) is 2. The lowest BCUT2D eigenvalue weighted by Gasteiger charge is -2.76. The third kappa shape index (κ3) is 2.27. The average molecular weight is 488 g/mol. The molecule has 0 amide bonds. The first kappa shape index (κ1) is 22.0. The highest BCUT2D eigenvalue weighted by Gasteiger charge is 2.84. The minimum Gasteiger partial charge on any atom is -0.504 e. The van der Waals surface area contributed by atoms with Gasteiger partial charge in [0, 0.05) is 41.5 Å². The van der Waals surface area contributed by atoms with Gasteiger partial charge in [-0.15, -0.1) is 0 Å². The number of phenols is 1. The second-order valence-corrected chi connectivity index (χ2v) is 13.0. The largest absolute Gasteiger partial charge is 0.504 e. The van der Waals surface area contributed by atoms with Crippen molar-refractivity contribution < 1.29 is 19.7 Å². The second kappa shape index (κ2) is 6.86. The minimum atomic E-state index is -0.659. The lowest BCUT2D eigenvalue weighted by molar-refractivity contribution is -0.324. The Morgan fingerprint density at radius 2 is 1.92 bits per heavy atom. The van der Waals surface area contributed by atoms with Crippen LogP contribution in [0.15, 0.2) is 42.5 Å². The van der Waals surface area contributed by atoms with Crippen LogP contribution in [0.4, 0.5) is 0 Å². The van der Waals surface area contributed by atoms with Crippen LogP contribution in [0.2, 0.25) is 0 Å². The van der Waals surface area contributed by atoms with Crippen molar-refractivity contribution in [3.8, 4) is 11.5 Å². The van der Waals surface area contributed by atoms with Gasteiger partial charge in [0.2, 0.25) is 0 Å². The maximum atomic E-state index is 12.1. The summed E-state index contributed by atoms with van der Waals surface area (Å²) in [7, 11) is 1.82. The fourth-order valence-corrected chi connectivity index (χ4v) is 10.2. The number of methoxy groups -OCH3 is 1. The van der Waals surface area contributed by atoms with E-state index in [4.69, 9.17) is 9.47 Å². The minimum absolute atomic E-state index is 0.0123. The molecule has 2 aliphatic heterocycles. The molecule has 1 saturated heterocycles. The predicted molar refractivity (Wildman–Crippen MR) is 136 cm³/mol. The average Bonchev–Trinajstić information content (AvgIpc) is 3.64. The summed E-state index contributed by atoms with van der Waals surface area (Å²) in [4.78, 5) is 2.81. The molecule has 7 atom stereocenters. The SMILES string of the molecule is CO[C@]12CC[C@@]3(C[C@]1(C)[C@@H](O)c1ccccc1)[C@H]1Cc4ccc(O)c5c4[C@@]3(CCN1CC1CC1)[C@H]2O5.